The van der Waals surface area contributed by atoms with E-state index in [0.29, 0.717) is 17.4 Å². The molecule has 0 atom stereocenters. The molecule has 3 amide bonds. The average Bonchev–Trinajstić information content (AvgIpc) is 2.72. The number of primary amides is 1. The molecule has 3 rings (SSSR count). The van der Waals surface area contributed by atoms with Gasteiger partial charge in [0.15, 0.2) is 0 Å². The fourth-order valence-electron chi connectivity index (χ4n) is 3.51. The number of rotatable bonds is 5. The van der Waals surface area contributed by atoms with Gasteiger partial charge >= 0.3 is 12.2 Å². The molecule has 4 N–H and O–H groups in total. The number of amides is 3. The third-order valence-corrected chi connectivity index (χ3v) is 5.04. The van der Waals surface area contributed by atoms with Crippen molar-refractivity contribution in [2.75, 3.05) is 23.3 Å². The van der Waals surface area contributed by atoms with Gasteiger partial charge in [-0.05, 0) is 55.2 Å². The van der Waals surface area contributed by atoms with Crippen molar-refractivity contribution in [3.8, 4) is 0 Å². The topological polar surface area (TPSA) is 87.5 Å². The highest BCUT2D eigenvalue weighted by atomic mass is 19.4. The van der Waals surface area contributed by atoms with Crippen molar-refractivity contribution in [2.45, 2.75) is 32.0 Å². The summed E-state index contributed by atoms with van der Waals surface area (Å²) in [6.45, 7) is 1.09. The van der Waals surface area contributed by atoms with Crippen LogP contribution in [-0.4, -0.2) is 25.0 Å². The standard InChI is InChI=1S/C21H22F4N4O2/c22-15-6-4-14(16(11-15)21(23,24)25)12-27-20(31)28-17-10-13(19(26)30)5-7-18(17)29-8-2-1-3-9-29/h4-7,10-11H,1-3,8-9,12H2,(H2,26,30)(H2,27,28,31). The minimum Gasteiger partial charge on any atom is -0.370 e. The lowest BCUT2D eigenvalue weighted by atomic mass is 10.1. The largest absolute Gasteiger partial charge is 0.416 e. The Morgan fingerprint density at radius 2 is 1.74 bits per heavy atom. The summed E-state index contributed by atoms with van der Waals surface area (Å²) in [5.74, 6) is -1.69. The van der Waals surface area contributed by atoms with Crippen LogP contribution in [0.15, 0.2) is 36.4 Å². The number of nitrogens with zero attached hydrogens (tertiary/aromatic N) is 1. The van der Waals surface area contributed by atoms with E-state index < -0.39 is 36.0 Å². The Hall–Kier alpha value is -3.30. The zero-order chi connectivity index (χ0) is 22.6. The lowest BCUT2D eigenvalue weighted by Crippen LogP contribution is -2.33. The Bertz CT molecular complexity index is 972. The third-order valence-electron chi connectivity index (χ3n) is 5.04. The van der Waals surface area contributed by atoms with Crippen LogP contribution < -0.4 is 21.3 Å². The number of urea groups is 1. The maximum Gasteiger partial charge on any atom is 0.416 e. The zero-order valence-corrected chi connectivity index (χ0v) is 16.6. The lowest BCUT2D eigenvalue weighted by molar-refractivity contribution is -0.138. The van der Waals surface area contributed by atoms with Gasteiger partial charge in [-0.3, -0.25) is 4.79 Å². The smallest absolute Gasteiger partial charge is 0.370 e. The highest BCUT2D eigenvalue weighted by molar-refractivity contribution is 5.98. The SMILES string of the molecule is NC(=O)c1ccc(N2CCCCC2)c(NC(=O)NCc2ccc(F)cc2C(F)(F)F)c1. The summed E-state index contributed by atoms with van der Waals surface area (Å²) >= 11 is 0. The quantitative estimate of drug-likeness (QED) is 0.610. The number of benzene rings is 2. The van der Waals surface area contributed by atoms with Gasteiger partial charge in [-0.1, -0.05) is 6.07 Å². The number of piperidine rings is 1. The molecule has 0 unspecified atom stereocenters. The molecule has 1 aliphatic heterocycles. The normalized spacial score (nSPS) is 14.3. The third kappa shape index (κ3) is 5.65. The number of hydrogen-bond donors (Lipinski definition) is 3. The molecule has 2 aromatic carbocycles. The molecule has 2 aromatic rings. The molecule has 0 saturated carbocycles. The molecule has 0 radical (unpaired) electrons. The second-order valence-corrected chi connectivity index (χ2v) is 7.25. The second-order valence-electron chi connectivity index (χ2n) is 7.25. The van der Waals surface area contributed by atoms with Crippen LogP contribution in [0.2, 0.25) is 0 Å². The number of carbonyl (C=O) groups is 2. The van der Waals surface area contributed by atoms with Crippen LogP contribution in [0.4, 0.5) is 33.7 Å². The summed E-state index contributed by atoms with van der Waals surface area (Å²) in [6, 6.07) is 6.18. The van der Waals surface area contributed by atoms with E-state index in [1.807, 2.05) is 0 Å². The lowest BCUT2D eigenvalue weighted by Gasteiger charge is -2.30. The van der Waals surface area contributed by atoms with Crippen LogP contribution in [0.1, 0.15) is 40.7 Å². The minimum absolute atomic E-state index is 0.189. The number of anilines is 2. The summed E-state index contributed by atoms with van der Waals surface area (Å²) in [5.41, 5.74) is 5.11. The van der Waals surface area contributed by atoms with E-state index in [1.54, 1.807) is 12.1 Å². The number of hydrogen-bond acceptors (Lipinski definition) is 3. The van der Waals surface area contributed by atoms with Crippen LogP contribution in [0.5, 0.6) is 0 Å². The van der Waals surface area contributed by atoms with Gasteiger partial charge < -0.3 is 21.3 Å². The van der Waals surface area contributed by atoms with Gasteiger partial charge in [-0.15, -0.1) is 0 Å². The highest BCUT2D eigenvalue weighted by Crippen LogP contribution is 2.33. The second kappa shape index (κ2) is 9.23. The minimum atomic E-state index is -4.76. The fraction of sp³-hybridized carbons (Fsp3) is 0.333. The molecule has 0 spiro atoms. The van der Waals surface area contributed by atoms with Gasteiger partial charge in [0, 0.05) is 25.2 Å². The van der Waals surface area contributed by atoms with Crippen molar-refractivity contribution in [1.82, 2.24) is 5.32 Å². The van der Waals surface area contributed by atoms with Crippen molar-refractivity contribution < 1.29 is 27.2 Å². The molecule has 0 aliphatic carbocycles. The fourth-order valence-corrected chi connectivity index (χ4v) is 3.51. The summed E-state index contributed by atoms with van der Waals surface area (Å²) in [4.78, 5) is 26.0. The Morgan fingerprint density at radius 1 is 1.03 bits per heavy atom. The highest BCUT2D eigenvalue weighted by Gasteiger charge is 2.33. The monoisotopic (exact) mass is 438 g/mol. The molecule has 31 heavy (non-hydrogen) atoms. The zero-order valence-electron chi connectivity index (χ0n) is 16.6. The number of nitrogens with two attached hydrogens (primary N) is 1. The van der Waals surface area contributed by atoms with Crippen LogP contribution in [0.3, 0.4) is 0 Å². The van der Waals surface area contributed by atoms with Gasteiger partial charge in [0.2, 0.25) is 5.91 Å². The van der Waals surface area contributed by atoms with Crippen LogP contribution >= 0.6 is 0 Å². The van der Waals surface area contributed by atoms with Gasteiger partial charge in [0.05, 0.1) is 16.9 Å². The molecule has 6 nitrogen and oxygen atoms in total. The number of alkyl halides is 3. The van der Waals surface area contributed by atoms with E-state index in [2.05, 4.69) is 15.5 Å². The molecular weight excluding hydrogens is 416 g/mol. The number of carbonyl (C=O) groups excluding carboxylic acids is 2. The molecule has 0 aromatic heterocycles. The van der Waals surface area contributed by atoms with Gasteiger partial charge in [0.1, 0.15) is 5.82 Å². The molecular formula is C21H22F4N4O2. The van der Waals surface area contributed by atoms with E-state index in [4.69, 9.17) is 5.73 Å². The summed E-state index contributed by atoms with van der Waals surface area (Å²) in [5, 5.41) is 4.94. The predicted molar refractivity (Wildman–Crippen MR) is 108 cm³/mol. The number of halogens is 4. The molecule has 1 heterocycles. The maximum atomic E-state index is 13.2. The van der Waals surface area contributed by atoms with Gasteiger partial charge in [0.25, 0.3) is 0 Å². The summed E-state index contributed by atoms with van der Waals surface area (Å²) in [6.07, 6.45) is -1.70. The van der Waals surface area contributed by atoms with Crippen molar-refractivity contribution in [3.05, 3.63) is 58.9 Å². The van der Waals surface area contributed by atoms with E-state index in [1.165, 1.54) is 6.07 Å². The van der Waals surface area contributed by atoms with Crippen molar-refractivity contribution >= 4 is 23.3 Å². The Morgan fingerprint density at radius 3 is 2.39 bits per heavy atom. The van der Waals surface area contributed by atoms with Crippen molar-refractivity contribution in [2.24, 2.45) is 5.73 Å². The molecule has 0 bridgehead atoms. The molecule has 10 heteroatoms. The van der Waals surface area contributed by atoms with Gasteiger partial charge in [-0.25, -0.2) is 9.18 Å². The molecule has 1 aliphatic rings. The van der Waals surface area contributed by atoms with E-state index in [-0.39, 0.29) is 11.1 Å². The molecule has 1 fully saturated rings. The molecule has 1 saturated heterocycles. The summed E-state index contributed by atoms with van der Waals surface area (Å²) in [7, 11) is 0. The first-order chi connectivity index (χ1) is 14.6. The van der Waals surface area contributed by atoms with Crippen molar-refractivity contribution in [3.63, 3.8) is 0 Å². The van der Waals surface area contributed by atoms with Crippen LogP contribution in [0, 0.1) is 5.82 Å². The predicted octanol–water partition coefficient (Wildman–Crippen LogP) is 4.26. The first kappa shape index (κ1) is 22.4. The Kier molecular flexibility index (Phi) is 6.67. The van der Waals surface area contributed by atoms with Crippen LogP contribution in [0.25, 0.3) is 0 Å². The van der Waals surface area contributed by atoms with E-state index in [0.717, 1.165) is 44.5 Å². The van der Waals surface area contributed by atoms with Crippen molar-refractivity contribution in [1.29, 1.82) is 0 Å². The first-order valence-electron chi connectivity index (χ1n) is 9.74. The average molecular weight is 438 g/mol. The number of nitrogens with one attached hydrogen (secondary N) is 2. The van der Waals surface area contributed by atoms with E-state index >= 15 is 0 Å². The molecule has 166 valence electrons. The van der Waals surface area contributed by atoms with Gasteiger partial charge in [-0.2, -0.15) is 13.2 Å². The van der Waals surface area contributed by atoms with E-state index in [9.17, 15) is 27.2 Å². The Labute approximate surface area is 176 Å². The van der Waals surface area contributed by atoms with Crippen LogP contribution in [-0.2, 0) is 12.7 Å². The Balaban J connectivity index is 1.77. The maximum absolute atomic E-state index is 13.2. The first-order valence-corrected chi connectivity index (χ1v) is 9.74. The summed E-state index contributed by atoms with van der Waals surface area (Å²) < 4.78 is 52.6.